The van der Waals surface area contributed by atoms with Gasteiger partial charge in [0.15, 0.2) is 0 Å². The molecule has 0 aliphatic heterocycles. The molecule has 2 aromatic rings. The first-order valence-electron chi connectivity index (χ1n) is 6.30. The van der Waals surface area contributed by atoms with Crippen LogP contribution in [0.3, 0.4) is 0 Å². The van der Waals surface area contributed by atoms with Crippen molar-refractivity contribution in [1.29, 1.82) is 0 Å². The molecule has 0 saturated heterocycles. The summed E-state index contributed by atoms with van der Waals surface area (Å²) in [6.45, 7) is 5.19. The van der Waals surface area contributed by atoms with Gasteiger partial charge in [-0.1, -0.05) is 29.3 Å². The molecule has 0 unspecified atom stereocenters. The molecular weight excluding hydrogens is 323 g/mol. The summed E-state index contributed by atoms with van der Waals surface area (Å²) in [4.78, 5) is 10.6. The summed E-state index contributed by atoms with van der Waals surface area (Å²) in [6, 6.07) is 6.33. The molecule has 0 fully saturated rings. The van der Waals surface area contributed by atoms with Crippen molar-refractivity contribution in [2.75, 3.05) is 13.7 Å². The van der Waals surface area contributed by atoms with Crippen LogP contribution < -0.4 is 5.82 Å². The second-order valence-electron chi connectivity index (χ2n) is 4.35. The molecular formula is C16H23O5V-. The van der Waals surface area contributed by atoms with Gasteiger partial charge in [-0.3, -0.25) is 0 Å². The fourth-order valence-electron chi connectivity index (χ4n) is 1.89. The molecule has 22 heavy (non-hydrogen) atoms. The van der Waals surface area contributed by atoms with E-state index < -0.39 is 5.82 Å². The largest absolute Gasteiger partial charge is 0.518 e. The average molecular weight is 346 g/mol. The molecule has 0 aliphatic carbocycles. The van der Waals surface area contributed by atoms with Crippen molar-refractivity contribution < 1.29 is 37.2 Å². The number of aryl methyl sites for hydroxylation is 2. The molecule has 0 atom stereocenters. The number of hydrogen-bond donors (Lipinski definition) is 1. The van der Waals surface area contributed by atoms with Crippen LogP contribution in [0.25, 0.3) is 0 Å². The van der Waals surface area contributed by atoms with Crippen LogP contribution in [-0.4, -0.2) is 18.8 Å². The molecule has 1 heterocycles. The zero-order valence-corrected chi connectivity index (χ0v) is 14.9. The van der Waals surface area contributed by atoms with Gasteiger partial charge in [-0.2, -0.15) is 0 Å². The van der Waals surface area contributed by atoms with Crippen molar-refractivity contribution in [1.82, 2.24) is 0 Å². The monoisotopic (exact) mass is 346 g/mol. The summed E-state index contributed by atoms with van der Waals surface area (Å²) < 4.78 is 14.8. The fraction of sp³-hybridized carbons (Fsp3) is 0.375. The molecule has 123 valence electrons. The number of aliphatic hydroxyl groups excluding tert-OH is 1. The molecule has 5 nitrogen and oxygen atoms in total. The first-order valence-corrected chi connectivity index (χ1v) is 6.30. The van der Waals surface area contributed by atoms with Crippen LogP contribution in [0.1, 0.15) is 22.5 Å². The average Bonchev–Trinajstić information content (AvgIpc) is 2.82. The van der Waals surface area contributed by atoms with E-state index in [-0.39, 0.29) is 26.0 Å². The quantitative estimate of drug-likeness (QED) is 0.666. The Morgan fingerprint density at radius 3 is 2.23 bits per heavy atom. The minimum Gasteiger partial charge on any atom is -0.400 e. The number of benzene rings is 1. The molecule has 1 aromatic heterocycles. The van der Waals surface area contributed by atoms with Crippen LogP contribution in [0.5, 0.6) is 0 Å². The Bertz CT molecular complexity index is 554. The first-order chi connectivity index (χ1) is 9.63. The third-order valence-corrected chi connectivity index (χ3v) is 2.54. The van der Waals surface area contributed by atoms with Gasteiger partial charge in [0.05, 0.1) is 13.2 Å². The summed E-state index contributed by atoms with van der Waals surface area (Å²) in [5.74, 6) is -0.153. The first kappa shape index (κ1) is 23.0. The van der Waals surface area contributed by atoms with Gasteiger partial charge >= 0.3 is 5.82 Å². The van der Waals surface area contributed by atoms with Crippen molar-refractivity contribution in [3.8, 4) is 0 Å². The maximum absolute atomic E-state index is 10.6. The number of rotatable bonds is 5. The van der Waals surface area contributed by atoms with Crippen molar-refractivity contribution in [2.24, 2.45) is 0 Å². The van der Waals surface area contributed by atoms with E-state index in [1.165, 1.54) is 17.4 Å². The van der Waals surface area contributed by atoms with Crippen LogP contribution in [0.15, 0.2) is 38.1 Å². The van der Waals surface area contributed by atoms with Crippen LogP contribution in [-0.2, 0) is 36.3 Å². The number of aliphatic hydroxyl groups is 1. The van der Waals surface area contributed by atoms with E-state index in [2.05, 4.69) is 36.5 Å². The topological polar surface area (TPSA) is 72.8 Å². The molecule has 6 heteroatoms. The second-order valence-corrected chi connectivity index (χ2v) is 4.35. The molecule has 0 amide bonds. The van der Waals surface area contributed by atoms with Crippen molar-refractivity contribution in [3.05, 3.63) is 65.0 Å². The van der Waals surface area contributed by atoms with E-state index >= 15 is 0 Å². The fourth-order valence-corrected chi connectivity index (χ4v) is 1.89. The maximum atomic E-state index is 10.6. The Morgan fingerprint density at radius 2 is 1.73 bits per heavy atom. The minimum absolute atomic E-state index is 0. The third-order valence-electron chi connectivity index (χ3n) is 2.54. The van der Waals surface area contributed by atoms with E-state index in [9.17, 15) is 4.79 Å². The molecule has 1 aromatic carbocycles. The summed E-state index contributed by atoms with van der Waals surface area (Å²) in [6.07, 6.45) is 1.86. The van der Waals surface area contributed by atoms with Crippen LogP contribution in [0.2, 0.25) is 0 Å². The molecule has 0 spiro atoms. The van der Waals surface area contributed by atoms with E-state index in [0.717, 1.165) is 12.7 Å². The zero-order chi connectivity index (χ0) is 15.0. The Hall–Kier alpha value is -1.27. The van der Waals surface area contributed by atoms with Gasteiger partial charge in [0.1, 0.15) is 12.0 Å². The van der Waals surface area contributed by atoms with Gasteiger partial charge in [-0.05, 0) is 19.4 Å². The van der Waals surface area contributed by atoms with Crippen LogP contribution in [0.4, 0.5) is 0 Å². The van der Waals surface area contributed by atoms with Crippen molar-refractivity contribution in [2.45, 2.75) is 26.9 Å². The molecule has 1 N–H and O–H groups in total. The standard InChI is InChI=1S/C14H16O4.CH4O.CH3.V/c1-10-5-11(2)7-12(6-10)8-16-4-3-13-9-17-14(15)18-13;1-2;;/h5-7,9H,3-4,8H2,1-2H3;2H,1H3;1H3;/q;;-1;. The summed E-state index contributed by atoms with van der Waals surface area (Å²) in [5.41, 5.74) is 3.62. The van der Waals surface area contributed by atoms with Gasteiger partial charge in [0.25, 0.3) is 0 Å². The van der Waals surface area contributed by atoms with Gasteiger partial charge in [-0.15, -0.1) is 0 Å². The summed E-state index contributed by atoms with van der Waals surface area (Å²) >= 11 is 0. The van der Waals surface area contributed by atoms with Gasteiger partial charge < -0.3 is 26.1 Å². The number of ether oxygens (including phenoxy) is 1. The molecule has 0 bridgehead atoms. The summed E-state index contributed by atoms with van der Waals surface area (Å²) in [5, 5.41) is 7.00. The number of hydrogen-bond acceptors (Lipinski definition) is 5. The van der Waals surface area contributed by atoms with Crippen LogP contribution >= 0.6 is 0 Å². The third kappa shape index (κ3) is 8.24. The van der Waals surface area contributed by atoms with Gasteiger partial charge in [0.2, 0.25) is 0 Å². The molecule has 2 rings (SSSR count). The second kappa shape index (κ2) is 12.3. The van der Waals surface area contributed by atoms with Crippen molar-refractivity contribution in [3.63, 3.8) is 0 Å². The predicted octanol–water partition coefficient (Wildman–Crippen LogP) is 2.67. The zero-order valence-electron chi connectivity index (χ0n) is 13.5. The van der Waals surface area contributed by atoms with Crippen LogP contribution in [0, 0.1) is 21.3 Å². The molecule has 0 aliphatic rings. The van der Waals surface area contributed by atoms with E-state index in [0.29, 0.717) is 25.4 Å². The van der Waals surface area contributed by atoms with E-state index in [1.54, 1.807) is 0 Å². The van der Waals surface area contributed by atoms with Gasteiger partial charge in [-0.25, -0.2) is 4.79 Å². The minimum atomic E-state index is -0.667. The van der Waals surface area contributed by atoms with E-state index in [1.807, 2.05) is 0 Å². The van der Waals surface area contributed by atoms with E-state index in [4.69, 9.17) is 14.3 Å². The predicted molar refractivity (Wildman–Crippen MR) is 81.1 cm³/mol. The normalized spacial score (nSPS) is 9.09. The molecule has 1 radical (unpaired) electrons. The Morgan fingerprint density at radius 1 is 1.14 bits per heavy atom. The smallest absolute Gasteiger partial charge is 0.400 e. The van der Waals surface area contributed by atoms with Gasteiger partial charge in [0, 0.05) is 32.1 Å². The van der Waals surface area contributed by atoms with Crippen molar-refractivity contribution >= 4 is 0 Å². The summed E-state index contributed by atoms with van der Waals surface area (Å²) in [7, 11) is 1.00. The SMILES string of the molecule is CO.Cc1cc(C)cc(COCCc2coc(=O)o2)c1.[CH3-].[V]. The maximum Gasteiger partial charge on any atom is 0.518 e. The molecule has 0 saturated carbocycles. The Balaban J connectivity index is 0. The Kier molecular flexibility index (Phi) is 12.9. The Labute approximate surface area is 143 Å².